The number of amides is 1. The van der Waals surface area contributed by atoms with Crippen molar-refractivity contribution >= 4 is 33.4 Å². The Labute approximate surface area is 174 Å². The van der Waals surface area contributed by atoms with Crippen LogP contribution in [0, 0.1) is 0 Å². The average Bonchev–Trinajstić information content (AvgIpc) is 2.72. The number of carbonyl (C=O) groups is 1. The van der Waals surface area contributed by atoms with E-state index in [9.17, 15) is 18.0 Å². The van der Waals surface area contributed by atoms with Crippen molar-refractivity contribution in [1.29, 1.82) is 0 Å². The van der Waals surface area contributed by atoms with Gasteiger partial charge in [-0.15, -0.1) is 0 Å². The molecular formula is C19H24N4O4S2. The Morgan fingerprint density at radius 1 is 1.28 bits per heavy atom. The number of carbonyl (C=O) groups excluding carboxylic acids is 1. The standard InChI is InChI=1S/C19H24N4O4S2/c1-2-15-5-3-4-12-23(15)29(26,27)16-8-6-14(7-9-16)21-18(25)13-28-19-20-11-10-17(24)22-19/h6-11,15H,2-5,12-13H2,1H3,(H,21,25)(H,20,22,24)/t15-/m0/s1. The SMILES string of the molecule is CC[C@H]1CCCCN1S(=O)(=O)c1ccc(NC(=O)CSc2nccc(=O)[nH]2)cc1. The zero-order valence-electron chi connectivity index (χ0n) is 16.1. The first-order chi connectivity index (χ1) is 13.9. The lowest BCUT2D eigenvalue weighted by molar-refractivity contribution is -0.113. The van der Waals surface area contributed by atoms with Crippen LogP contribution in [-0.2, 0) is 14.8 Å². The molecule has 1 atom stereocenters. The molecule has 1 saturated heterocycles. The number of benzene rings is 1. The zero-order chi connectivity index (χ0) is 20.9. The molecule has 1 aliphatic rings. The van der Waals surface area contributed by atoms with Gasteiger partial charge >= 0.3 is 0 Å². The predicted molar refractivity (Wildman–Crippen MR) is 112 cm³/mol. The van der Waals surface area contributed by atoms with Gasteiger partial charge < -0.3 is 10.3 Å². The molecule has 8 nitrogen and oxygen atoms in total. The second-order valence-corrected chi connectivity index (χ2v) is 9.63. The molecule has 0 aliphatic carbocycles. The molecule has 1 aromatic carbocycles. The Hall–Kier alpha value is -2.17. The van der Waals surface area contributed by atoms with Crippen LogP contribution < -0.4 is 10.9 Å². The Morgan fingerprint density at radius 3 is 2.72 bits per heavy atom. The van der Waals surface area contributed by atoms with E-state index in [1.54, 1.807) is 16.4 Å². The Kier molecular flexibility index (Phi) is 7.09. The first-order valence-corrected chi connectivity index (χ1v) is 11.9. The third kappa shape index (κ3) is 5.46. The van der Waals surface area contributed by atoms with Crippen molar-refractivity contribution < 1.29 is 13.2 Å². The fourth-order valence-electron chi connectivity index (χ4n) is 3.30. The summed E-state index contributed by atoms with van der Waals surface area (Å²) in [6.07, 6.45) is 5.00. The molecule has 0 spiro atoms. The van der Waals surface area contributed by atoms with Gasteiger partial charge in [0.25, 0.3) is 5.56 Å². The van der Waals surface area contributed by atoms with Gasteiger partial charge in [-0.1, -0.05) is 25.1 Å². The maximum Gasteiger partial charge on any atom is 0.251 e. The minimum absolute atomic E-state index is 0.0446. The van der Waals surface area contributed by atoms with Crippen LogP contribution in [0.25, 0.3) is 0 Å². The number of thioether (sulfide) groups is 1. The molecule has 1 amide bonds. The van der Waals surface area contributed by atoms with Gasteiger partial charge in [0.05, 0.1) is 10.6 Å². The number of aromatic nitrogens is 2. The van der Waals surface area contributed by atoms with Crippen LogP contribution in [0.4, 0.5) is 5.69 Å². The van der Waals surface area contributed by atoms with E-state index in [0.29, 0.717) is 17.4 Å². The first-order valence-electron chi connectivity index (χ1n) is 9.50. The normalized spacial score (nSPS) is 17.8. The van der Waals surface area contributed by atoms with Gasteiger partial charge in [-0.05, 0) is 43.5 Å². The van der Waals surface area contributed by atoms with Crippen molar-refractivity contribution in [3.05, 3.63) is 46.9 Å². The summed E-state index contributed by atoms with van der Waals surface area (Å²) in [6.45, 7) is 2.56. The Bertz CT molecular complexity index is 1010. The van der Waals surface area contributed by atoms with Crippen molar-refractivity contribution in [2.24, 2.45) is 0 Å². The van der Waals surface area contributed by atoms with Crippen molar-refractivity contribution in [3.63, 3.8) is 0 Å². The molecule has 1 aliphatic heterocycles. The van der Waals surface area contributed by atoms with Crippen LogP contribution in [0.5, 0.6) is 0 Å². The van der Waals surface area contributed by atoms with Gasteiger partial charge in [0.1, 0.15) is 0 Å². The van der Waals surface area contributed by atoms with Crippen LogP contribution in [0.3, 0.4) is 0 Å². The number of piperidine rings is 1. The lowest BCUT2D eigenvalue weighted by Gasteiger charge is -2.34. The second kappa shape index (κ2) is 9.55. The highest BCUT2D eigenvalue weighted by Crippen LogP contribution is 2.27. The van der Waals surface area contributed by atoms with E-state index in [2.05, 4.69) is 15.3 Å². The highest BCUT2D eigenvalue weighted by molar-refractivity contribution is 7.99. The van der Waals surface area contributed by atoms with Gasteiger partial charge in [0, 0.05) is 30.5 Å². The number of rotatable bonds is 7. The van der Waals surface area contributed by atoms with Gasteiger partial charge in [-0.2, -0.15) is 4.31 Å². The molecule has 0 saturated carbocycles. The van der Waals surface area contributed by atoms with Gasteiger partial charge in [-0.25, -0.2) is 13.4 Å². The van der Waals surface area contributed by atoms with Crippen LogP contribution in [0.1, 0.15) is 32.6 Å². The van der Waals surface area contributed by atoms with Crippen LogP contribution in [-0.4, -0.2) is 46.9 Å². The molecule has 10 heteroatoms. The quantitative estimate of drug-likeness (QED) is 0.509. The molecule has 0 bridgehead atoms. The molecule has 2 heterocycles. The molecule has 156 valence electrons. The molecule has 0 radical (unpaired) electrons. The topological polar surface area (TPSA) is 112 Å². The van der Waals surface area contributed by atoms with E-state index >= 15 is 0 Å². The minimum Gasteiger partial charge on any atom is -0.325 e. The van der Waals surface area contributed by atoms with Crippen molar-refractivity contribution in [3.8, 4) is 0 Å². The molecular weight excluding hydrogens is 412 g/mol. The van der Waals surface area contributed by atoms with Crippen LogP contribution >= 0.6 is 11.8 Å². The second-order valence-electron chi connectivity index (χ2n) is 6.77. The molecule has 2 aromatic rings. The third-order valence-corrected chi connectivity index (χ3v) is 7.63. The molecule has 1 fully saturated rings. The minimum atomic E-state index is -3.54. The lowest BCUT2D eigenvalue weighted by Crippen LogP contribution is -2.43. The van der Waals surface area contributed by atoms with Crippen LogP contribution in [0.2, 0.25) is 0 Å². The molecule has 0 unspecified atom stereocenters. The van der Waals surface area contributed by atoms with Crippen molar-refractivity contribution in [2.75, 3.05) is 17.6 Å². The molecule has 2 N–H and O–H groups in total. The van der Waals surface area contributed by atoms with E-state index in [1.165, 1.54) is 24.4 Å². The van der Waals surface area contributed by atoms with E-state index in [-0.39, 0.29) is 28.2 Å². The predicted octanol–water partition coefficient (Wildman–Crippen LogP) is 2.45. The van der Waals surface area contributed by atoms with Crippen LogP contribution in [0.15, 0.2) is 51.4 Å². The number of sulfonamides is 1. The van der Waals surface area contributed by atoms with E-state index in [1.807, 2.05) is 6.92 Å². The van der Waals surface area contributed by atoms with Gasteiger partial charge in [0.2, 0.25) is 15.9 Å². The number of anilines is 1. The molecule has 1 aromatic heterocycles. The maximum atomic E-state index is 13.0. The van der Waals surface area contributed by atoms with Crippen molar-refractivity contribution in [1.82, 2.24) is 14.3 Å². The van der Waals surface area contributed by atoms with Gasteiger partial charge in [0.15, 0.2) is 5.16 Å². The first kappa shape index (κ1) is 21.5. The zero-order valence-corrected chi connectivity index (χ0v) is 17.8. The summed E-state index contributed by atoms with van der Waals surface area (Å²) >= 11 is 1.11. The summed E-state index contributed by atoms with van der Waals surface area (Å²) in [5.74, 6) is -0.210. The number of hydrogen-bond donors (Lipinski definition) is 2. The molecule has 3 rings (SSSR count). The number of aromatic amines is 1. The summed E-state index contributed by atoms with van der Waals surface area (Å²) < 4.78 is 27.6. The number of H-pyrrole nitrogens is 1. The smallest absolute Gasteiger partial charge is 0.251 e. The van der Waals surface area contributed by atoms with E-state index in [4.69, 9.17) is 0 Å². The fourth-order valence-corrected chi connectivity index (χ4v) is 5.72. The van der Waals surface area contributed by atoms with Crippen molar-refractivity contribution in [2.45, 2.75) is 48.7 Å². The Balaban J connectivity index is 1.62. The highest BCUT2D eigenvalue weighted by Gasteiger charge is 2.32. The summed E-state index contributed by atoms with van der Waals surface area (Å²) in [5, 5.41) is 3.08. The summed E-state index contributed by atoms with van der Waals surface area (Å²) in [7, 11) is -3.54. The summed E-state index contributed by atoms with van der Waals surface area (Å²) in [6, 6.07) is 7.56. The number of nitrogens with one attached hydrogen (secondary N) is 2. The Morgan fingerprint density at radius 2 is 2.03 bits per heavy atom. The van der Waals surface area contributed by atoms with E-state index < -0.39 is 10.0 Å². The largest absolute Gasteiger partial charge is 0.325 e. The summed E-state index contributed by atoms with van der Waals surface area (Å²) in [5.41, 5.74) is 0.230. The number of nitrogens with zero attached hydrogens (tertiary/aromatic N) is 2. The monoisotopic (exact) mass is 436 g/mol. The fraction of sp³-hybridized carbons (Fsp3) is 0.421. The molecule has 29 heavy (non-hydrogen) atoms. The highest BCUT2D eigenvalue weighted by atomic mass is 32.2. The average molecular weight is 437 g/mol. The third-order valence-electron chi connectivity index (χ3n) is 4.78. The van der Waals surface area contributed by atoms with Gasteiger partial charge in [-0.3, -0.25) is 9.59 Å². The maximum absolute atomic E-state index is 13.0. The van der Waals surface area contributed by atoms with E-state index in [0.717, 1.165) is 37.4 Å². The lowest BCUT2D eigenvalue weighted by atomic mass is 10.0. The summed E-state index contributed by atoms with van der Waals surface area (Å²) in [4.78, 5) is 30.1. The number of hydrogen-bond acceptors (Lipinski definition) is 6.